The largest absolute Gasteiger partial charge is 0.478 e. The molecule has 2 N–H and O–H groups in total. The fourth-order valence-corrected chi connectivity index (χ4v) is 1.81. The molecule has 1 aliphatic rings. The number of hydrogen-bond donors (Lipinski definition) is 2. The van der Waals surface area contributed by atoms with Crippen LogP contribution in [0.25, 0.3) is 0 Å². The smallest absolute Gasteiger partial charge is 0.338 e. The first-order valence-corrected chi connectivity index (χ1v) is 5.79. The zero-order chi connectivity index (χ0) is 13.2. The number of ether oxygens (including phenoxy) is 2. The molecule has 2 rings (SSSR count). The number of rotatable bonds is 5. The van der Waals surface area contributed by atoms with Crippen molar-refractivity contribution in [2.24, 2.45) is 0 Å². The molecule has 1 atom stereocenters. The summed E-state index contributed by atoms with van der Waals surface area (Å²) in [4.78, 5) is 10.7. The number of hydrogen-bond acceptors (Lipinski definition) is 5. The van der Waals surface area contributed by atoms with E-state index < -0.39 is 11.8 Å². The molecule has 100 valence electrons. The van der Waals surface area contributed by atoms with Crippen molar-refractivity contribution in [3.8, 4) is 0 Å². The first-order chi connectivity index (χ1) is 8.46. The fourth-order valence-electron chi connectivity index (χ4n) is 1.81. The van der Waals surface area contributed by atoms with Crippen LogP contribution in [-0.2, 0) is 16.0 Å². The van der Waals surface area contributed by atoms with Gasteiger partial charge in [0, 0.05) is 6.54 Å². The van der Waals surface area contributed by atoms with E-state index in [-0.39, 0.29) is 11.7 Å². The predicted molar refractivity (Wildman–Crippen MR) is 62.3 cm³/mol. The van der Waals surface area contributed by atoms with Gasteiger partial charge in [0.15, 0.2) is 5.79 Å². The Balaban J connectivity index is 1.74. The Hall–Kier alpha value is -1.37. The van der Waals surface area contributed by atoms with Gasteiger partial charge in [-0.25, -0.2) is 4.79 Å². The van der Waals surface area contributed by atoms with Gasteiger partial charge in [-0.15, -0.1) is 0 Å². The summed E-state index contributed by atoms with van der Waals surface area (Å²) < 4.78 is 16.2. The first kappa shape index (κ1) is 13.1. The maximum absolute atomic E-state index is 10.7. The quantitative estimate of drug-likeness (QED) is 0.823. The summed E-state index contributed by atoms with van der Waals surface area (Å²) in [5.74, 6) is -0.919. The van der Waals surface area contributed by atoms with Crippen molar-refractivity contribution in [2.45, 2.75) is 32.3 Å². The monoisotopic (exact) mass is 255 g/mol. The Labute approximate surface area is 105 Å². The van der Waals surface area contributed by atoms with E-state index >= 15 is 0 Å². The van der Waals surface area contributed by atoms with Gasteiger partial charge in [-0.2, -0.15) is 0 Å². The zero-order valence-corrected chi connectivity index (χ0v) is 10.4. The number of carbonyl (C=O) groups is 1. The molecule has 1 saturated heterocycles. The molecule has 1 aromatic heterocycles. The van der Waals surface area contributed by atoms with Crippen molar-refractivity contribution in [2.75, 3.05) is 13.2 Å². The van der Waals surface area contributed by atoms with Gasteiger partial charge in [-0.05, 0) is 19.9 Å². The van der Waals surface area contributed by atoms with Crippen LogP contribution in [0, 0.1) is 0 Å². The lowest BCUT2D eigenvalue weighted by atomic mass is 10.3. The van der Waals surface area contributed by atoms with Crippen LogP contribution in [0.3, 0.4) is 0 Å². The zero-order valence-electron chi connectivity index (χ0n) is 10.4. The topological polar surface area (TPSA) is 80.9 Å². The van der Waals surface area contributed by atoms with Gasteiger partial charge < -0.3 is 24.3 Å². The molecular formula is C12H17NO5. The second-order valence-electron chi connectivity index (χ2n) is 4.69. The van der Waals surface area contributed by atoms with E-state index in [0.717, 1.165) is 0 Å². The highest BCUT2D eigenvalue weighted by Gasteiger charge is 2.32. The lowest BCUT2D eigenvalue weighted by Crippen LogP contribution is -2.30. The minimum Gasteiger partial charge on any atom is -0.478 e. The van der Waals surface area contributed by atoms with Crippen molar-refractivity contribution in [3.63, 3.8) is 0 Å². The molecule has 1 unspecified atom stereocenters. The summed E-state index contributed by atoms with van der Waals surface area (Å²) in [6.45, 7) is 5.40. The highest BCUT2D eigenvalue weighted by atomic mass is 16.7. The third-order valence-electron chi connectivity index (χ3n) is 2.64. The van der Waals surface area contributed by atoms with E-state index in [9.17, 15) is 4.79 Å². The molecule has 0 bridgehead atoms. The van der Waals surface area contributed by atoms with Crippen LogP contribution >= 0.6 is 0 Å². The van der Waals surface area contributed by atoms with E-state index in [4.69, 9.17) is 19.0 Å². The van der Waals surface area contributed by atoms with Crippen molar-refractivity contribution in [1.82, 2.24) is 5.32 Å². The molecule has 0 amide bonds. The number of carboxylic acids is 1. The van der Waals surface area contributed by atoms with Gasteiger partial charge in [-0.3, -0.25) is 0 Å². The molecule has 1 fully saturated rings. The molecule has 0 radical (unpaired) electrons. The van der Waals surface area contributed by atoms with E-state index in [1.54, 1.807) is 0 Å². The number of aromatic carboxylic acids is 1. The van der Waals surface area contributed by atoms with Gasteiger partial charge in [0.1, 0.15) is 12.0 Å². The average Bonchev–Trinajstić information content (AvgIpc) is 2.86. The van der Waals surface area contributed by atoms with Crippen LogP contribution in [0.5, 0.6) is 0 Å². The number of nitrogens with one attached hydrogen (secondary N) is 1. The highest BCUT2D eigenvalue weighted by Crippen LogP contribution is 2.21. The average molecular weight is 255 g/mol. The van der Waals surface area contributed by atoms with E-state index in [1.165, 1.54) is 12.3 Å². The molecule has 0 spiro atoms. The summed E-state index contributed by atoms with van der Waals surface area (Å²) in [6.07, 6.45) is 1.24. The molecular weight excluding hydrogens is 238 g/mol. The van der Waals surface area contributed by atoms with Gasteiger partial charge in [0.25, 0.3) is 0 Å². The molecule has 2 heterocycles. The van der Waals surface area contributed by atoms with Crippen LogP contribution in [0.4, 0.5) is 0 Å². The van der Waals surface area contributed by atoms with E-state index in [2.05, 4.69) is 5.32 Å². The lowest BCUT2D eigenvalue weighted by molar-refractivity contribution is -0.137. The summed E-state index contributed by atoms with van der Waals surface area (Å²) in [5, 5.41) is 11.9. The van der Waals surface area contributed by atoms with Gasteiger partial charge in [-0.1, -0.05) is 0 Å². The summed E-state index contributed by atoms with van der Waals surface area (Å²) in [6, 6.07) is 1.51. The number of furan rings is 1. The minimum absolute atomic E-state index is 0.00825. The maximum atomic E-state index is 10.7. The Morgan fingerprint density at radius 2 is 2.39 bits per heavy atom. The van der Waals surface area contributed by atoms with Crippen LogP contribution in [0.2, 0.25) is 0 Å². The van der Waals surface area contributed by atoms with Crippen molar-refractivity contribution in [3.05, 3.63) is 23.7 Å². The maximum Gasteiger partial charge on any atom is 0.338 e. The van der Waals surface area contributed by atoms with Crippen molar-refractivity contribution < 1.29 is 23.8 Å². The lowest BCUT2D eigenvalue weighted by Gasteiger charge is -2.17. The summed E-state index contributed by atoms with van der Waals surface area (Å²) in [7, 11) is 0. The Kier molecular flexibility index (Phi) is 3.70. The van der Waals surface area contributed by atoms with Crippen LogP contribution in [0.15, 0.2) is 16.7 Å². The van der Waals surface area contributed by atoms with Crippen LogP contribution in [-0.4, -0.2) is 36.1 Å². The van der Waals surface area contributed by atoms with Gasteiger partial charge in [0.2, 0.25) is 0 Å². The van der Waals surface area contributed by atoms with Crippen LogP contribution in [0.1, 0.15) is 30.0 Å². The Morgan fingerprint density at radius 1 is 1.61 bits per heavy atom. The van der Waals surface area contributed by atoms with Crippen molar-refractivity contribution >= 4 is 5.97 Å². The fraction of sp³-hybridized carbons (Fsp3) is 0.583. The summed E-state index contributed by atoms with van der Waals surface area (Å²) in [5.41, 5.74) is 0.161. The first-order valence-electron chi connectivity index (χ1n) is 5.79. The Bertz CT molecular complexity index is 426. The molecule has 6 heteroatoms. The minimum atomic E-state index is -0.987. The molecule has 18 heavy (non-hydrogen) atoms. The second kappa shape index (κ2) is 5.09. The third kappa shape index (κ3) is 3.32. The number of carboxylic acid groups (broad SMARTS) is 1. The van der Waals surface area contributed by atoms with E-state index in [1.807, 2.05) is 13.8 Å². The highest BCUT2D eigenvalue weighted by molar-refractivity contribution is 5.87. The molecule has 0 saturated carbocycles. The van der Waals surface area contributed by atoms with Crippen LogP contribution < -0.4 is 5.32 Å². The van der Waals surface area contributed by atoms with Gasteiger partial charge in [0.05, 0.1) is 24.8 Å². The SMILES string of the molecule is CC1(C)OCC(CNCc2cc(C(=O)O)co2)O1. The molecule has 6 nitrogen and oxygen atoms in total. The third-order valence-corrected chi connectivity index (χ3v) is 2.64. The summed E-state index contributed by atoms with van der Waals surface area (Å²) >= 11 is 0. The second-order valence-corrected chi connectivity index (χ2v) is 4.69. The van der Waals surface area contributed by atoms with Gasteiger partial charge >= 0.3 is 5.97 Å². The molecule has 0 aromatic carbocycles. The molecule has 1 aliphatic heterocycles. The van der Waals surface area contributed by atoms with E-state index in [0.29, 0.717) is 25.5 Å². The Morgan fingerprint density at radius 3 is 2.94 bits per heavy atom. The standard InChI is InChI=1S/C12H17NO5/c1-12(2)17-7-10(18-12)5-13-4-9-3-8(6-16-9)11(14)15/h3,6,10,13H,4-5,7H2,1-2H3,(H,14,15). The molecule has 1 aromatic rings. The normalized spacial score (nSPS) is 22.2. The van der Waals surface area contributed by atoms with Crippen molar-refractivity contribution in [1.29, 1.82) is 0 Å². The predicted octanol–water partition coefficient (Wildman–Crippen LogP) is 1.22. The molecule has 0 aliphatic carbocycles.